The molecule has 0 bridgehead atoms. The summed E-state index contributed by atoms with van der Waals surface area (Å²) < 4.78 is 7.52. The average molecular weight is 705 g/mol. The molecule has 2 saturated heterocycles. The highest BCUT2D eigenvalue weighted by atomic mass is 16.5. The normalized spacial score (nSPS) is 19.9. The number of benzene rings is 2. The van der Waals surface area contributed by atoms with Crippen molar-refractivity contribution < 1.29 is 19.4 Å². The van der Waals surface area contributed by atoms with Gasteiger partial charge in [-0.25, -0.2) is 9.78 Å². The number of carbonyl (C=O) groups is 2. The van der Waals surface area contributed by atoms with E-state index in [0.717, 1.165) is 83.5 Å². The number of β-amino-alcohol motifs (C(OH)–C–C–N with tert-alkyl or cyclic N) is 1. The van der Waals surface area contributed by atoms with Gasteiger partial charge in [0.2, 0.25) is 5.88 Å². The van der Waals surface area contributed by atoms with Crippen molar-refractivity contribution in [2.75, 3.05) is 45.2 Å². The molecule has 4 heterocycles. The van der Waals surface area contributed by atoms with Gasteiger partial charge in [0.1, 0.15) is 5.56 Å². The number of likely N-dealkylation sites (tertiary alicyclic amines) is 1. The molecular weight excluding hydrogens is 656 g/mol. The summed E-state index contributed by atoms with van der Waals surface area (Å²) in [5, 5.41) is 15.6. The Morgan fingerprint density at radius 3 is 2.50 bits per heavy atom. The minimum Gasteiger partial charge on any atom is -0.481 e. The van der Waals surface area contributed by atoms with Gasteiger partial charge < -0.3 is 29.9 Å². The van der Waals surface area contributed by atoms with Gasteiger partial charge in [0.15, 0.2) is 0 Å². The molecule has 0 radical (unpaired) electrons. The predicted molar refractivity (Wildman–Crippen MR) is 202 cm³/mol. The number of amides is 3. The highest BCUT2D eigenvalue weighted by Gasteiger charge is 2.46. The van der Waals surface area contributed by atoms with Crippen LogP contribution in [-0.4, -0.2) is 81.8 Å². The van der Waals surface area contributed by atoms with Crippen LogP contribution in [0, 0.1) is 13.8 Å². The Balaban J connectivity index is 1.14. The van der Waals surface area contributed by atoms with Crippen LogP contribution in [0.1, 0.15) is 70.5 Å². The highest BCUT2D eigenvalue weighted by Crippen LogP contribution is 2.46. The molecule has 1 aliphatic carbocycles. The third-order valence-electron chi connectivity index (χ3n) is 11.5. The Morgan fingerprint density at radius 2 is 1.77 bits per heavy atom. The standard InChI is InChI=1S/C41H48N6O5/c1-6-28-14-15-32(39(50)45(28)4)37(49)42-33-12-8-10-30(26(33)3)29-9-7-11-31(25(29)2)34-23-27-13-16-35(36(27)38(43-34)52-5)47-20-18-41(24-47)17-19-46(21-22-48)40(51)44-41/h7-12,14-15,23,35,48H,6,13,16-22,24H2,1-5H3,(H,42,49)(H,44,51)/t35-,41-/m0/s1. The number of methoxy groups -OCH3 is 1. The van der Waals surface area contributed by atoms with Crippen LogP contribution in [0.25, 0.3) is 22.4 Å². The number of aliphatic hydroxyl groups is 1. The Morgan fingerprint density at radius 1 is 1.04 bits per heavy atom. The maximum absolute atomic E-state index is 13.3. The van der Waals surface area contributed by atoms with Gasteiger partial charge in [0, 0.05) is 61.8 Å². The highest BCUT2D eigenvalue weighted by molar-refractivity contribution is 6.05. The van der Waals surface area contributed by atoms with Crippen LogP contribution in [-0.2, 0) is 19.9 Å². The van der Waals surface area contributed by atoms with E-state index in [9.17, 15) is 19.5 Å². The summed E-state index contributed by atoms with van der Waals surface area (Å²) >= 11 is 0. The van der Waals surface area contributed by atoms with Gasteiger partial charge in [0.25, 0.3) is 11.5 Å². The molecule has 3 amide bonds. The lowest BCUT2D eigenvalue weighted by Crippen LogP contribution is -2.61. The molecule has 2 aliphatic heterocycles. The van der Waals surface area contributed by atoms with Gasteiger partial charge in [-0.15, -0.1) is 0 Å². The number of hydrogen-bond donors (Lipinski definition) is 3. The first-order valence-corrected chi connectivity index (χ1v) is 18.3. The Kier molecular flexibility index (Phi) is 9.67. The summed E-state index contributed by atoms with van der Waals surface area (Å²) in [4.78, 5) is 48.3. The molecule has 272 valence electrons. The molecule has 7 rings (SSSR count). The van der Waals surface area contributed by atoms with Crippen molar-refractivity contribution in [3.05, 3.63) is 98.5 Å². The number of aliphatic hydroxyl groups excluding tert-OH is 1. The number of pyridine rings is 2. The van der Waals surface area contributed by atoms with Crippen molar-refractivity contribution in [2.45, 2.75) is 64.5 Å². The number of urea groups is 1. The van der Waals surface area contributed by atoms with Crippen molar-refractivity contribution in [3.8, 4) is 28.3 Å². The average Bonchev–Trinajstić information content (AvgIpc) is 3.75. The van der Waals surface area contributed by atoms with E-state index in [0.29, 0.717) is 31.1 Å². The van der Waals surface area contributed by atoms with Crippen LogP contribution in [0.2, 0.25) is 0 Å². The number of aryl methyl sites for hydroxylation is 2. The monoisotopic (exact) mass is 704 g/mol. The van der Waals surface area contributed by atoms with Crippen molar-refractivity contribution in [2.24, 2.45) is 7.05 Å². The summed E-state index contributed by atoms with van der Waals surface area (Å²) in [6, 6.07) is 17.8. The van der Waals surface area contributed by atoms with E-state index in [4.69, 9.17) is 9.72 Å². The molecule has 11 heteroatoms. The van der Waals surface area contributed by atoms with E-state index < -0.39 is 5.91 Å². The van der Waals surface area contributed by atoms with Crippen molar-refractivity contribution >= 4 is 17.6 Å². The number of aromatic nitrogens is 2. The Bertz CT molecular complexity index is 2110. The second-order valence-corrected chi connectivity index (χ2v) is 14.4. The molecule has 52 heavy (non-hydrogen) atoms. The SMILES string of the molecule is CCc1ccc(C(=O)Nc2cccc(-c3cccc(-c4cc5c(c(OC)n4)[C@@H](N4CC[C@@]6(CCN(CCO)C(=O)N6)C4)CC5)c3C)c2C)c(=O)n1C. The summed E-state index contributed by atoms with van der Waals surface area (Å²) in [6.45, 7) is 8.71. The lowest BCUT2D eigenvalue weighted by molar-refractivity contribution is 0.102. The molecule has 3 N–H and O–H groups in total. The number of anilines is 1. The molecule has 3 aliphatic rings. The first kappa shape index (κ1) is 35.4. The molecule has 11 nitrogen and oxygen atoms in total. The molecule has 2 aromatic heterocycles. The zero-order chi connectivity index (χ0) is 36.7. The fraction of sp³-hybridized carbons (Fsp3) is 0.415. The molecule has 2 fully saturated rings. The number of fused-ring (bicyclic) bond motifs is 1. The summed E-state index contributed by atoms with van der Waals surface area (Å²) in [5.41, 5.74) is 9.27. The zero-order valence-corrected chi connectivity index (χ0v) is 30.7. The number of carbonyl (C=O) groups excluding carboxylic acids is 2. The van der Waals surface area contributed by atoms with Gasteiger partial charge in [-0.1, -0.05) is 37.3 Å². The summed E-state index contributed by atoms with van der Waals surface area (Å²) in [7, 11) is 3.38. The maximum Gasteiger partial charge on any atom is 0.317 e. The van der Waals surface area contributed by atoms with Crippen LogP contribution < -0.4 is 20.9 Å². The molecule has 1 spiro atoms. The van der Waals surface area contributed by atoms with E-state index in [1.807, 2.05) is 38.1 Å². The smallest absolute Gasteiger partial charge is 0.317 e. The lowest BCUT2D eigenvalue weighted by Gasteiger charge is -2.40. The number of rotatable bonds is 9. The van der Waals surface area contributed by atoms with Gasteiger partial charge in [0.05, 0.1) is 24.9 Å². The van der Waals surface area contributed by atoms with Gasteiger partial charge in [-0.2, -0.15) is 0 Å². The van der Waals surface area contributed by atoms with E-state index >= 15 is 0 Å². The molecular formula is C41H48N6O5. The molecule has 4 aromatic rings. The fourth-order valence-corrected chi connectivity index (χ4v) is 8.53. The molecule has 0 unspecified atom stereocenters. The summed E-state index contributed by atoms with van der Waals surface area (Å²) in [6.07, 6.45) is 4.33. The largest absolute Gasteiger partial charge is 0.481 e. The second-order valence-electron chi connectivity index (χ2n) is 14.4. The van der Waals surface area contributed by atoms with Crippen LogP contribution >= 0.6 is 0 Å². The first-order chi connectivity index (χ1) is 25.1. The van der Waals surface area contributed by atoms with Gasteiger partial charge >= 0.3 is 6.03 Å². The lowest BCUT2D eigenvalue weighted by atomic mass is 9.91. The second kappa shape index (κ2) is 14.2. The predicted octanol–water partition coefficient (Wildman–Crippen LogP) is 5.39. The maximum atomic E-state index is 13.3. The van der Waals surface area contributed by atoms with Crippen LogP contribution in [0.3, 0.4) is 0 Å². The van der Waals surface area contributed by atoms with Crippen LogP contribution in [0.4, 0.5) is 10.5 Å². The number of hydrogen-bond acceptors (Lipinski definition) is 7. The zero-order valence-electron chi connectivity index (χ0n) is 30.7. The Hall–Kier alpha value is -5.00. The fourth-order valence-electron chi connectivity index (χ4n) is 8.53. The van der Waals surface area contributed by atoms with E-state index in [-0.39, 0.29) is 35.3 Å². The van der Waals surface area contributed by atoms with Crippen LogP contribution in [0.5, 0.6) is 5.88 Å². The summed E-state index contributed by atoms with van der Waals surface area (Å²) in [5.74, 6) is 0.209. The number of ether oxygens (including phenoxy) is 1. The van der Waals surface area contributed by atoms with E-state index in [2.05, 4.69) is 46.7 Å². The molecule has 0 saturated carbocycles. The first-order valence-electron chi connectivity index (χ1n) is 18.3. The Labute approximate surface area is 304 Å². The quantitative estimate of drug-likeness (QED) is 0.213. The van der Waals surface area contributed by atoms with Crippen LogP contribution in [0.15, 0.2) is 59.4 Å². The van der Waals surface area contributed by atoms with Crippen molar-refractivity contribution in [3.63, 3.8) is 0 Å². The topological polar surface area (TPSA) is 129 Å². The number of nitrogens with zero attached hydrogens (tertiary/aromatic N) is 4. The number of nitrogens with one attached hydrogen (secondary N) is 2. The third kappa shape index (κ3) is 6.26. The minimum absolute atomic E-state index is 0.0320. The van der Waals surface area contributed by atoms with E-state index in [1.165, 1.54) is 10.1 Å². The van der Waals surface area contributed by atoms with Gasteiger partial charge in [-0.05, 0) is 98.0 Å². The third-order valence-corrected chi connectivity index (χ3v) is 11.5. The van der Waals surface area contributed by atoms with Gasteiger partial charge in [-0.3, -0.25) is 14.5 Å². The van der Waals surface area contributed by atoms with Crippen molar-refractivity contribution in [1.82, 2.24) is 24.7 Å². The molecule has 2 atom stereocenters. The van der Waals surface area contributed by atoms with Crippen molar-refractivity contribution in [1.29, 1.82) is 0 Å². The van der Waals surface area contributed by atoms with E-state index in [1.54, 1.807) is 25.1 Å². The molecule has 2 aromatic carbocycles. The minimum atomic E-state index is -0.431.